The van der Waals surface area contributed by atoms with E-state index < -0.39 is 0 Å². The van der Waals surface area contributed by atoms with Crippen LogP contribution in [0.2, 0.25) is 0 Å². The van der Waals surface area contributed by atoms with Gasteiger partial charge in [-0.05, 0) is 60.5 Å². The number of anilines is 2. The maximum absolute atomic E-state index is 13.8. The molecule has 2 aromatic heterocycles. The molecule has 0 aliphatic rings. The first-order chi connectivity index (χ1) is 15.7. The van der Waals surface area contributed by atoms with E-state index in [4.69, 9.17) is 14.7 Å². The van der Waals surface area contributed by atoms with Crippen LogP contribution in [0, 0.1) is 5.82 Å². The topological polar surface area (TPSA) is 59.9 Å². The van der Waals surface area contributed by atoms with Crippen molar-refractivity contribution in [1.82, 2.24) is 15.0 Å². The minimum Gasteiger partial charge on any atom is -0.381 e. The van der Waals surface area contributed by atoms with Gasteiger partial charge < -0.3 is 10.1 Å². The minimum atomic E-state index is -0.320. The maximum Gasteiger partial charge on any atom is 0.163 e. The van der Waals surface area contributed by atoms with Gasteiger partial charge in [-0.1, -0.05) is 30.4 Å². The predicted molar refractivity (Wildman–Crippen MR) is 127 cm³/mol. The largest absolute Gasteiger partial charge is 0.381 e. The van der Waals surface area contributed by atoms with Gasteiger partial charge >= 0.3 is 0 Å². The van der Waals surface area contributed by atoms with Crippen LogP contribution in [0.5, 0.6) is 0 Å². The van der Waals surface area contributed by atoms with E-state index in [2.05, 4.69) is 10.3 Å². The number of methoxy groups -OCH3 is 1. The van der Waals surface area contributed by atoms with Crippen LogP contribution < -0.4 is 5.32 Å². The molecule has 0 saturated heterocycles. The second kappa shape index (κ2) is 9.94. The molecule has 0 amide bonds. The summed E-state index contributed by atoms with van der Waals surface area (Å²) in [6, 6.07) is 16.1. The molecule has 0 atom stereocenters. The van der Waals surface area contributed by atoms with Crippen LogP contribution >= 0.6 is 0 Å². The highest BCUT2D eigenvalue weighted by molar-refractivity contribution is 5.95. The highest BCUT2D eigenvalue weighted by atomic mass is 19.1. The molecular formula is C26H23FN4O. The summed E-state index contributed by atoms with van der Waals surface area (Å²) >= 11 is 0. The van der Waals surface area contributed by atoms with Crippen molar-refractivity contribution in [2.24, 2.45) is 0 Å². The van der Waals surface area contributed by atoms with Crippen molar-refractivity contribution >= 4 is 28.0 Å². The first kappa shape index (κ1) is 21.3. The summed E-state index contributed by atoms with van der Waals surface area (Å²) in [5.74, 6) is 0.813. The second-order valence-electron chi connectivity index (χ2n) is 7.12. The van der Waals surface area contributed by atoms with Gasteiger partial charge in [-0.15, -0.1) is 0 Å². The third-order valence-corrected chi connectivity index (χ3v) is 4.85. The lowest BCUT2D eigenvalue weighted by Gasteiger charge is -2.13. The first-order valence-corrected chi connectivity index (χ1v) is 10.2. The van der Waals surface area contributed by atoms with Crippen molar-refractivity contribution in [3.8, 4) is 11.4 Å². The Morgan fingerprint density at radius 2 is 2.00 bits per heavy atom. The lowest BCUT2D eigenvalue weighted by molar-refractivity contribution is 0.234. The van der Waals surface area contributed by atoms with Gasteiger partial charge in [-0.2, -0.15) is 0 Å². The molecule has 0 bridgehead atoms. The highest BCUT2D eigenvalue weighted by Crippen LogP contribution is 2.30. The number of pyridine rings is 1. The van der Waals surface area contributed by atoms with E-state index >= 15 is 0 Å². The van der Waals surface area contributed by atoms with Crippen LogP contribution in [0.15, 0.2) is 85.2 Å². The summed E-state index contributed by atoms with van der Waals surface area (Å²) in [5.41, 5.74) is 4.22. The van der Waals surface area contributed by atoms with E-state index in [1.165, 1.54) is 12.1 Å². The number of halogens is 1. The average Bonchev–Trinajstić information content (AvgIpc) is 2.82. The third-order valence-electron chi connectivity index (χ3n) is 4.85. The molecule has 0 unspecified atom stereocenters. The van der Waals surface area contributed by atoms with Gasteiger partial charge in [0.25, 0.3) is 0 Å². The predicted octanol–water partition coefficient (Wildman–Crippen LogP) is 6.18. The Hall–Kier alpha value is -3.90. The van der Waals surface area contributed by atoms with Crippen LogP contribution in [0.25, 0.3) is 27.9 Å². The summed E-state index contributed by atoms with van der Waals surface area (Å²) < 4.78 is 19.0. The Kier molecular flexibility index (Phi) is 6.63. The zero-order chi connectivity index (χ0) is 22.3. The van der Waals surface area contributed by atoms with Gasteiger partial charge in [0.1, 0.15) is 11.6 Å². The fourth-order valence-electron chi connectivity index (χ4n) is 3.37. The summed E-state index contributed by atoms with van der Waals surface area (Å²) in [7, 11) is 1.67. The number of nitrogens with zero attached hydrogens (tertiary/aromatic N) is 3. The van der Waals surface area contributed by atoms with E-state index in [0.29, 0.717) is 23.9 Å². The molecular weight excluding hydrogens is 403 g/mol. The molecule has 1 N–H and O–H groups in total. The van der Waals surface area contributed by atoms with Gasteiger partial charge in [-0.3, -0.25) is 4.98 Å². The normalized spacial score (nSPS) is 11.9. The zero-order valence-corrected chi connectivity index (χ0v) is 17.9. The molecule has 6 heteroatoms. The zero-order valence-electron chi connectivity index (χ0n) is 17.9. The monoisotopic (exact) mass is 426 g/mol. The van der Waals surface area contributed by atoms with Crippen LogP contribution in [0.1, 0.15) is 12.5 Å². The van der Waals surface area contributed by atoms with Gasteiger partial charge in [0.05, 0.1) is 12.1 Å². The number of aromatic nitrogens is 3. The fourth-order valence-corrected chi connectivity index (χ4v) is 3.37. The number of ether oxygens (including phenoxy) is 1. The molecule has 5 nitrogen and oxygen atoms in total. The number of fused-ring (bicyclic) bond motifs is 1. The number of benzene rings is 2. The summed E-state index contributed by atoms with van der Waals surface area (Å²) in [6.45, 7) is 2.48. The van der Waals surface area contributed by atoms with Gasteiger partial charge in [-0.25, -0.2) is 14.4 Å². The van der Waals surface area contributed by atoms with Crippen molar-refractivity contribution in [1.29, 1.82) is 0 Å². The Balaban J connectivity index is 1.88. The molecule has 0 aliphatic heterocycles. The second-order valence-corrected chi connectivity index (χ2v) is 7.12. The number of hydrogen-bond acceptors (Lipinski definition) is 5. The molecule has 0 saturated carbocycles. The van der Waals surface area contributed by atoms with Crippen molar-refractivity contribution in [2.75, 3.05) is 19.0 Å². The quantitative estimate of drug-likeness (QED) is 0.358. The Morgan fingerprint density at radius 1 is 1.09 bits per heavy atom. The average molecular weight is 426 g/mol. The first-order valence-electron chi connectivity index (χ1n) is 10.2. The van der Waals surface area contributed by atoms with E-state index in [0.717, 1.165) is 27.6 Å². The van der Waals surface area contributed by atoms with Gasteiger partial charge in [0.15, 0.2) is 5.82 Å². The Morgan fingerprint density at radius 3 is 2.75 bits per heavy atom. The Bertz CT molecular complexity index is 1290. The molecule has 4 rings (SSSR count). The van der Waals surface area contributed by atoms with Gasteiger partial charge in [0, 0.05) is 36.1 Å². The maximum atomic E-state index is 13.8. The van der Waals surface area contributed by atoms with Crippen LogP contribution in [0.3, 0.4) is 0 Å². The standard InChI is InChI=1S/C26H23FN4O/c1-3-6-18(12-14-32-2)19-10-11-24-23(15-19)26(29-22-9-4-8-21(27)16-22)31-25(30-24)20-7-5-13-28-17-20/h3-13,15-17H,14H2,1-2H3,(H,29,30,31)/b6-3-,18-12+. The van der Waals surface area contributed by atoms with E-state index in [1.54, 1.807) is 31.6 Å². The molecule has 0 radical (unpaired) electrons. The molecule has 0 aliphatic carbocycles. The SMILES string of the molecule is C/C=C\C(=C/COC)c1ccc2nc(-c3cccnc3)nc(Nc3cccc(F)c3)c2c1. The van der Waals surface area contributed by atoms with Crippen LogP contribution in [0.4, 0.5) is 15.9 Å². The van der Waals surface area contributed by atoms with Crippen molar-refractivity contribution in [3.63, 3.8) is 0 Å². The number of allylic oxidation sites excluding steroid dienone is 3. The number of rotatable bonds is 7. The summed E-state index contributed by atoms with van der Waals surface area (Å²) in [4.78, 5) is 13.7. The third kappa shape index (κ3) is 4.87. The molecule has 4 aromatic rings. The minimum absolute atomic E-state index is 0.320. The van der Waals surface area contributed by atoms with E-state index in [-0.39, 0.29) is 5.82 Å². The molecule has 2 heterocycles. The van der Waals surface area contributed by atoms with Crippen LogP contribution in [-0.4, -0.2) is 28.7 Å². The van der Waals surface area contributed by atoms with Crippen LogP contribution in [-0.2, 0) is 4.74 Å². The lowest BCUT2D eigenvalue weighted by atomic mass is 10.0. The molecule has 0 spiro atoms. The molecule has 32 heavy (non-hydrogen) atoms. The molecule has 2 aromatic carbocycles. The molecule has 160 valence electrons. The van der Waals surface area contributed by atoms with Crippen molar-refractivity contribution in [2.45, 2.75) is 6.92 Å². The highest BCUT2D eigenvalue weighted by Gasteiger charge is 2.12. The fraction of sp³-hybridized carbons (Fsp3) is 0.115. The molecule has 0 fully saturated rings. The Labute approximate surface area is 186 Å². The van der Waals surface area contributed by atoms with E-state index in [1.807, 2.05) is 55.5 Å². The van der Waals surface area contributed by atoms with Gasteiger partial charge in [0.2, 0.25) is 0 Å². The number of nitrogens with one attached hydrogen (secondary N) is 1. The van der Waals surface area contributed by atoms with E-state index in [9.17, 15) is 4.39 Å². The summed E-state index contributed by atoms with van der Waals surface area (Å²) in [6.07, 6.45) is 9.47. The van der Waals surface area contributed by atoms with Crippen molar-refractivity contribution < 1.29 is 9.13 Å². The number of hydrogen-bond donors (Lipinski definition) is 1. The van der Waals surface area contributed by atoms with Crippen molar-refractivity contribution in [3.05, 3.63) is 96.6 Å². The smallest absolute Gasteiger partial charge is 0.163 e. The lowest BCUT2D eigenvalue weighted by Crippen LogP contribution is -2.00. The summed E-state index contributed by atoms with van der Waals surface area (Å²) in [5, 5.41) is 4.09.